The minimum Gasteiger partial charge on any atom is -0.487 e. The van der Waals surface area contributed by atoms with Gasteiger partial charge in [-0.3, -0.25) is 0 Å². The quantitative estimate of drug-likeness (QED) is 0.754. The fourth-order valence-corrected chi connectivity index (χ4v) is 3.06. The third kappa shape index (κ3) is 4.37. The third-order valence-corrected chi connectivity index (χ3v) is 4.57. The van der Waals surface area contributed by atoms with E-state index < -0.39 is 9.05 Å². The summed E-state index contributed by atoms with van der Waals surface area (Å²) in [5.41, 5.74) is 2.18. The second-order valence-corrected chi connectivity index (χ2v) is 7.46. The zero-order valence-corrected chi connectivity index (χ0v) is 13.7. The van der Waals surface area contributed by atoms with E-state index in [1.165, 1.54) is 17.7 Å². The molecule has 0 N–H and O–H groups in total. The van der Waals surface area contributed by atoms with Gasteiger partial charge in [-0.05, 0) is 35.7 Å². The van der Waals surface area contributed by atoms with Gasteiger partial charge in [0.15, 0.2) is 0 Å². The number of hydrogen-bond donors (Lipinski definition) is 0. The maximum atomic E-state index is 11.5. The first-order chi connectivity index (χ1) is 9.90. The second kappa shape index (κ2) is 6.69. The Morgan fingerprint density at radius 2 is 1.67 bits per heavy atom. The molecule has 2 rings (SSSR count). The molecule has 0 aliphatic carbocycles. The summed E-state index contributed by atoms with van der Waals surface area (Å²) < 4.78 is 28.6. The Labute approximate surface area is 133 Å². The lowest BCUT2D eigenvalue weighted by Gasteiger charge is -2.10. The van der Waals surface area contributed by atoms with Crippen LogP contribution in [0.3, 0.4) is 0 Å². The molecule has 3 nitrogen and oxygen atoms in total. The van der Waals surface area contributed by atoms with Gasteiger partial charge in [0.05, 0.1) is 0 Å². The Kier molecular flexibility index (Phi) is 5.14. The van der Waals surface area contributed by atoms with Crippen molar-refractivity contribution in [2.45, 2.75) is 24.8 Å². The number of rotatable bonds is 5. The van der Waals surface area contributed by atoms with Crippen LogP contribution in [0, 0.1) is 0 Å². The standard InChI is InChI=1S/C15H14Cl2O3S/c1-2-11-3-5-12(6-4-11)10-20-14-8-7-13(16)9-15(14)21(17,18)19/h3-9H,2,10H2,1H3. The van der Waals surface area contributed by atoms with E-state index in [1.807, 2.05) is 24.3 Å². The number of benzene rings is 2. The van der Waals surface area contributed by atoms with E-state index in [1.54, 1.807) is 6.07 Å². The van der Waals surface area contributed by atoms with Gasteiger partial charge in [-0.1, -0.05) is 42.8 Å². The average molecular weight is 345 g/mol. The van der Waals surface area contributed by atoms with Crippen LogP contribution in [0.5, 0.6) is 5.75 Å². The Bertz CT molecular complexity index is 725. The van der Waals surface area contributed by atoms with Crippen LogP contribution in [0.4, 0.5) is 0 Å². The third-order valence-electron chi connectivity index (χ3n) is 2.99. The normalized spacial score (nSPS) is 11.4. The number of aryl methyl sites for hydroxylation is 1. The molecule has 0 atom stereocenters. The molecule has 21 heavy (non-hydrogen) atoms. The van der Waals surface area contributed by atoms with Crippen LogP contribution in [0.15, 0.2) is 47.4 Å². The van der Waals surface area contributed by atoms with Crippen molar-refractivity contribution in [1.82, 2.24) is 0 Å². The van der Waals surface area contributed by atoms with Crippen molar-refractivity contribution in [2.24, 2.45) is 0 Å². The van der Waals surface area contributed by atoms with Crippen molar-refractivity contribution >= 4 is 31.3 Å². The van der Waals surface area contributed by atoms with Gasteiger partial charge in [-0.15, -0.1) is 0 Å². The Morgan fingerprint density at radius 1 is 1.05 bits per heavy atom. The molecule has 2 aromatic carbocycles. The predicted molar refractivity (Wildman–Crippen MR) is 84.6 cm³/mol. The van der Waals surface area contributed by atoms with Gasteiger partial charge >= 0.3 is 0 Å². The Balaban J connectivity index is 2.19. The monoisotopic (exact) mass is 344 g/mol. The first kappa shape index (κ1) is 16.1. The summed E-state index contributed by atoms with van der Waals surface area (Å²) in [7, 11) is 1.48. The van der Waals surface area contributed by atoms with Gasteiger partial charge in [-0.25, -0.2) is 8.42 Å². The second-order valence-electron chi connectivity index (χ2n) is 4.49. The molecule has 0 saturated heterocycles. The number of hydrogen-bond acceptors (Lipinski definition) is 3. The van der Waals surface area contributed by atoms with Crippen molar-refractivity contribution in [1.29, 1.82) is 0 Å². The van der Waals surface area contributed by atoms with Gasteiger partial charge in [0.2, 0.25) is 0 Å². The van der Waals surface area contributed by atoms with Crippen molar-refractivity contribution in [2.75, 3.05) is 0 Å². The first-order valence-corrected chi connectivity index (χ1v) is 9.03. The van der Waals surface area contributed by atoms with E-state index in [0.717, 1.165) is 12.0 Å². The summed E-state index contributed by atoms with van der Waals surface area (Å²) in [5.74, 6) is 0.189. The molecule has 0 amide bonds. The van der Waals surface area contributed by atoms with Crippen LogP contribution in [0.25, 0.3) is 0 Å². The van der Waals surface area contributed by atoms with Crippen LogP contribution in [-0.2, 0) is 22.1 Å². The fourth-order valence-electron chi connectivity index (χ4n) is 1.82. The van der Waals surface area contributed by atoms with E-state index in [-0.39, 0.29) is 22.3 Å². The van der Waals surface area contributed by atoms with Crippen molar-refractivity contribution < 1.29 is 13.2 Å². The molecule has 0 bridgehead atoms. The highest BCUT2D eigenvalue weighted by Crippen LogP contribution is 2.30. The SMILES string of the molecule is CCc1ccc(COc2ccc(Cl)cc2S(=O)(=O)Cl)cc1. The molecule has 0 aliphatic rings. The summed E-state index contributed by atoms with van der Waals surface area (Å²) in [4.78, 5) is -0.123. The van der Waals surface area contributed by atoms with Crippen molar-refractivity contribution in [3.05, 3.63) is 58.6 Å². The minimum absolute atomic E-state index is 0.123. The van der Waals surface area contributed by atoms with Crippen LogP contribution in [0.1, 0.15) is 18.1 Å². The summed E-state index contributed by atoms with van der Waals surface area (Å²) in [5, 5.41) is 0.286. The molecular formula is C15H14Cl2O3S. The van der Waals surface area contributed by atoms with Crippen molar-refractivity contribution in [3.63, 3.8) is 0 Å². The molecule has 0 unspecified atom stereocenters. The maximum absolute atomic E-state index is 11.5. The van der Waals surface area contributed by atoms with Gasteiger partial charge < -0.3 is 4.74 Å². The molecule has 0 radical (unpaired) electrons. The molecule has 0 aromatic heterocycles. The number of ether oxygens (including phenoxy) is 1. The van der Waals surface area contributed by atoms with E-state index >= 15 is 0 Å². The summed E-state index contributed by atoms with van der Waals surface area (Å²) in [6.07, 6.45) is 0.965. The van der Waals surface area contributed by atoms with E-state index in [2.05, 4.69) is 6.92 Å². The van der Waals surface area contributed by atoms with Crippen LogP contribution in [0.2, 0.25) is 5.02 Å². The lowest BCUT2D eigenvalue weighted by molar-refractivity contribution is 0.298. The fraction of sp³-hybridized carbons (Fsp3) is 0.200. The lowest BCUT2D eigenvalue weighted by atomic mass is 10.1. The highest BCUT2D eigenvalue weighted by Gasteiger charge is 2.17. The van der Waals surface area contributed by atoms with E-state index in [4.69, 9.17) is 27.0 Å². The molecule has 0 aliphatic heterocycles. The van der Waals surface area contributed by atoms with Crippen LogP contribution < -0.4 is 4.74 Å². The molecule has 0 spiro atoms. The first-order valence-electron chi connectivity index (χ1n) is 6.35. The summed E-state index contributed by atoms with van der Waals surface area (Å²) in [6.45, 7) is 2.34. The number of halogens is 2. The maximum Gasteiger partial charge on any atom is 0.265 e. The molecular weight excluding hydrogens is 331 g/mol. The Hall–Kier alpha value is -1.23. The molecule has 0 heterocycles. The van der Waals surface area contributed by atoms with Crippen molar-refractivity contribution in [3.8, 4) is 5.75 Å². The van der Waals surface area contributed by atoms with Gasteiger partial charge in [0.25, 0.3) is 9.05 Å². The van der Waals surface area contributed by atoms with Crippen LogP contribution >= 0.6 is 22.3 Å². The summed E-state index contributed by atoms with van der Waals surface area (Å²) >= 11 is 5.79. The van der Waals surface area contributed by atoms with Crippen LogP contribution in [-0.4, -0.2) is 8.42 Å². The highest BCUT2D eigenvalue weighted by atomic mass is 35.7. The molecule has 2 aromatic rings. The largest absolute Gasteiger partial charge is 0.487 e. The average Bonchev–Trinajstić information content (AvgIpc) is 2.45. The topological polar surface area (TPSA) is 43.4 Å². The van der Waals surface area contributed by atoms with Gasteiger partial charge in [-0.2, -0.15) is 0 Å². The van der Waals surface area contributed by atoms with Gasteiger partial charge in [0.1, 0.15) is 17.3 Å². The highest BCUT2D eigenvalue weighted by molar-refractivity contribution is 8.13. The van der Waals surface area contributed by atoms with E-state index in [0.29, 0.717) is 0 Å². The smallest absolute Gasteiger partial charge is 0.265 e. The minimum atomic E-state index is -3.91. The van der Waals surface area contributed by atoms with Gasteiger partial charge in [0, 0.05) is 15.7 Å². The lowest BCUT2D eigenvalue weighted by Crippen LogP contribution is -2.01. The zero-order valence-electron chi connectivity index (χ0n) is 11.3. The molecule has 112 valence electrons. The van der Waals surface area contributed by atoms with E-state index in [9.17, 15) is 8.42 Å². The molecule has 6 heteroatoms. The summed E-state index contributed by atoms with van der Waals surface area (Å²) in [6, 6.07) is 12.3. The molecule has 0 saturated carbocycles. The predicted octanol–water partition coefficient (Wildman–Crippen LogP) is 4.41. The zero-order chi connectivity index (χ0) is 15.5. The Morgan fingerprint density at radius 3 is 2.24 bits per heavy atom. The molecule has 0 fully saturated rings.